The number of carbonyl (C=O) groups is 2. The first kappa shape index (κ1) is 11.5. The lowest BCUT2D eigenvalue weighted by atomic mass is 10.0. The number of amides is 1. The molecule has 1 heterocycles. The minimum absolute atomic E-state index is 0.108. The third-order valence-electron chi connectivity index (χ3n) is 2.44. The SMILES string of the molecule is CC(=O)OC1CCN(C(C)=O)C(C#N)C1. The molecule has 0 spiro atoms. The molecule has 0 saturated carbocycles. The van der Waals surface area contributed by atoms with Crippen molar-refractivity contribution in [3.05, 3.63) is 0 Å². The van der Waals surface area contributed by atoms with E-state index in [4.69, 9.17) is 10.00 Å². The van der Waals surface area contributed by atoms with Crippen LogP contribution >= 0.6 is 0 Å². The number of hydrogen-bond acceptors (Lipinski definition) is 4. The Kier molecular flexibility index (Phi) is 3.67. The number of hydrogen-bond donors (Lipinski definition) is 0. The zero-order valence-corrected chi connectivity index (χ0v) is 8.90. The number of likely N-dealkylation sites (tertiary alicyclic amines) is 1. The van der Waals surface area contributed by atoms with E-state index >= 15 is 0 Å². The third kappa shape index (κ3) is 2.94. The van der Waals surface area contributed by atoms with E-state index in [2.05, 4.69) is 6.07 Å². The standard InChI is InChI=1S/C10H14N2O3/c1-7(13)12-4-3-10(15-8(2)14)5-9(12)6-11/h9-10H,3-5H2,1-2H3. The molecule has 82 valence electrons. The van der Waals surface area contributed by atoms with E-state index in [1.54, 1.807) is 0 Å². The van der Waals surface area contributed by atoms with Crippen molar-refractivity contribution in [1.82, 2.24) is 4.90 Å². The first-order valence-electron chi connectivity index (χ1n) is 4.88. The zero-order valence-electron chi connectivity index (χ0n) is 8.90. The van der Waals surface area contributed by atoms with Crippen molar-refractivity contribution in [2.24, 2.45) is 0 Å². The third-order valence-corrected chi connectivity index (χ3v) is 2.44. The molecule has 1 aliphatic rings. The van der Waals surface area contributed by atoms with Crippen molar-refractivity contribution < 1.29 is 14.3 Å². The number of ether oxygens (including phenoxy) is 1. The van der Waals surface area contributed by atoms with Gasteiger partial charge in [0.05, 0.1) is 6.07 Å². The van der Waals surface area contributed by atoms with Crippen LogP contribution in [-0.4, -0.2) is 35.5 Å². The van der Waals surface area contributed by atoms with Crippen LogP contribution in [0.4, 0.5) is 0 Å². The van der Waals surface area contributed by atoms with Gasteiger partial charge < -0.3 is 9.64 Å². The van der Waals surface area contributed by atoms with Crippen molar-refractivity contribution in [3.63, 3.8) is 0 Å². The Labute approximate surface area is 88.6 Å². The number of nitriles is 1. The van der Waals surface area contributed by atoms with E-state index < -0.39 is 6.04 Å². The largest absolute Gasteiger partial charge is 0.462 e. The molecule has 0 N–H and O–H groups in total. The van der Waals surface area contributed by atoms with Crippen LogP contribution in [0.2, 0.25) is 0 Å². The minimum atomic E-state index is -0.472. The van der Waals surface area contributed by atoms with Crippen molar-refractivity contribution in [3.8, 4) is 6.07 Å². The number of esters is 1. The van der Waals surface area contributed by atoms with Gasteiger partial charge in [-0.1, -0.05) is 0 Å². The van der Waals surface area contributed by atoms with Gasteiger partial charge in [0.2, 0.25) is 5.91 Å². The van der Waals surface area contributed by atoms with Gasteiger partial charge in [0.25, 0.3) is 0 Å². The summed E-state index contributed by atoms with van der Waals surface area (Å²) in [5, 5.41) is 8.88. The van der Waals surface area contributed by atoms with E-state index in [1.165, 1.54) is 18.7 Å². The smallest absolute Gasteiger partial charge is 0.302 e. The molecule has 0 bridgehead atoms. The average Bonchev–Trinajstić information content (AvgIpc) is 2.16. The highest BCUT2D eigenvalue weighted by atomic mass is 16.5. The van der Waals surface area contributed by atoms with Crippen molar-refractivity contribution in [1.29, 1.82) is 5.26 Å². The van der Waals surface area contributed by atoms with Crippen molar-refractivity contribution in [2.75, 3.05) is 6.54 Å². The van der Waals surface area contributed by atoms with Gasteiger partial charge in [-0.2, -0.15) is 5.26 Å². The van der Waals surface area contributed by atoms with Gasteiger partial charge in [0.1, 0.15) is 12.1 Å². The van der Waals surface area contributed by atoms with Crippen LogP contribution in [0.5, 0.6) is 0 Å². The Morgan fingerprint density at radius 1 is 1.47 bits per heavy atom. The van der Waals surface area contributed by atoms with Crippen LogP contribution in [-0.2, 0) is 14.3 Å². The van der Waals surface area contributed by atoms with E-state index in [0.29, 0.717) is 19.4 Å². The average molecular weight is 210 g/mol. The zero-order chi connectivity index (χ0) is 11.4. The molecule has 5 nitrogen and oxygen atoms in total. The maximum absolute atomic E-state index is 11.2. The summed E-state index contributed by atoms with van der Waals surface area (Å²) in [6.07, 6.45) is 0.787. The number of rotatable bonds is 1. The fourth-order valence-electron chi connectivity index (χ4n) is 1.77. The molecule has 0 aromatic heterocycles. The van der Waals surface area contributed by atoms with Crippen LogP contribution in [0.1, 0.15) is 26.7 Å². The Bertz CT molecular complexity index is 308. The summed E-state index contributed by atoms with van der Waals surface area (Å²) in [5.41, 5.74) is 0. The Morgan fingerprint density at radius 3 is 2.60 bits per heavy atom. The van der Waals surface area contributed by atoms with Crippen LogP contribution in [0.15, 0.2) is 0 Å². The van der Waals surface area contributed by atoms with E-state index in [0.717, 1.165) is 0 Å². The Morgan fingerprint density at radius 2 is 2.13 bits per heavy atom. The van der Waals surface area contributed by atoms with Gasteiger partial charge >= 0.3 is 5.97 Å². The van der Waals surface area contributed by atoms with Crippen LogP contribution in [0, 0.1) is 11.3 Å². The number of nitrogens with zero attached hydrogens (tertiary/aromatic N) is 2. The Balaban J connectivity index is 2.59. The van der Waals surface area contributed by atoms with Gasteiger partial charge in [-0.25, -0.2) is 0 Å². The molecule has 1 fully saturated rings. The second-order valence-electron chi connectivity index (χ2n) is 3.61. The second kappa shape index (κ2) is 4.78. The number of carbonyl (C=O) groups excluding carboxylic acids is 2. The maximum atomic E-state index is 11.2. The molecule has 0 radical (unpaired) electrons. The van der Waals surface area contributed by atoms with E-state index in [1.807, 2.05) is 0 Å². The van der Waals surface area contributed by atoms with Crippen LogP contribution in [0.3, 0.4) is 0 Å². The highest BCUT2D eigenvalue weighted by Gasteiger charge is 2.31. The molecule has 2 unspecified atom stereocenters. The summed E-state index contributed by atoms with van der Waals surface area (Å²) in [5.74, 6) is -0.448. The van der Waals surface area contributed by atoms with Gasteiger partial charge in [-0.15, -0.1) is 0 Å². The van der Waals surface area contributed by atoms with Crippen molar-refractivity contribution in [2.45, 2.75) is 38.8 Å². The quantitative estimate of drug-likeness (QED) is 0.589. The van der Waals surface area contributed by atoms with Crippen LogP contribution in [0.25, 0.3) is 0 Å². The first-order chi connectivity index (χ1) is 7.04. The fourth-order valence-corrected chi connectivity index (χ4v) is 1.77. The van der Waals surface area contributed by atoms with E-state index in [-0.39, 0.29) is 18.0 Å². The fraction of sp³-hybridized carbons (Fsp3) is 0.700. The predicted octanol–water partition coefficient (Wildman–Crippen LogP) is 0.453. The monoisotopic (exact) mass is 210 g/mol. The summed E-state index contributed by atoms with van der Waals surface area (Å²) in [4.78, 5) is 23.4. The highest BCUT2D eigenvalue weighted by Crippen LogP contribution is 2.19. The molecule has 1 saturated heterocycles. The normalized spacial score (nSPS) is 25.5. The Hall–Kier alpha value is -1.57. The van der Waals surface area contributed by atoms with Crippen LogP contribution < -0.4 is 0 Å². The molecule has 1 amide bonds. The second-order valence-corrected chi connectivity index (χ2v) is 3.61. The molecule has 1 aliphatic heterocycles. The highest BCUT2D eigenvalue weighted by molar-refractivity contribution is 5.74. The molecule has 15 heavy (non-hydrogen) atoms. The van der Waals surface area contributed by atoms with Gasteiger partial charge in [-0.3, -0.25) is 9.59 Å². The van der Waals surface area contributed by atoms with E-state index in [9.17, 15) is 9.59 Å². The molecular weight excluding hydrogens is 196 g/mol. The molecule has 5 heteroatoms. The van der Waals surface area contributed by atoms with Gasteiger partial charge in [0, 0.05) is 33.2 Å². The molecular formula is C10H14N2O3. The summed E-state index contributed by atoms with van der Waals surface area (Å²) in [7, 11) is 0. The summed E-state index contributed by atoms with van der Waals surface area (Å²) < 4.78 is 5.02. The summed E-state index contributed by atoms with van der Waals surface area (Å²) >= 11 is 0. The minimum Gasteiger partial charge on any atom is -0.462 e. The maximum Gasteiger partial charge on any atom is 0.302 e. The van der Waals surface area contributed by atoms with Gasteiger partial charge in [-0.05, 0) is 0 Å². The first-order valence-corrected chi connectivity index (χ1v) is 4.88. The molecule has 0 aromatic carbocycles. The molecule has 0 aromatic rings. The summed E-state index contributed by atoms with van der Waals surface area (Å²) in [6, 6.07) is 1.58. The van der Waals surface area contributed by atoms with Gasteiger partial charge in [0.15, 0.2) is 0 Å². The molecule has 1 rings (SSSR count). The van der Waals surface area contributed by atoms with Crippen molar-refractivity contribution >= 4 is 11.9 Å². The lowest BCUT2D eigenvalue weighted by molar-refractivity contribution is -0.150. The molecule has 0 aliphatic carbocycles. The molecule has 2 atom stereocenters. The topological polar surface area (TPSA) is 70.4 Å². The lowest BCUT2D eigenvalue weighted by Gasteiger charge is -2.34. The lowest BCUT2D eigenvalue weighted by Crippen LogP contribution is -2.46. The summed E-state index contributed by atoms with van der Waals surface area (Å²) in [6.45, 7) is 3.26. The predicted molar refractivity (Wildman–Crippen MR) is 51.6 cm³/mol. The number of piperidine rings is 1.